The van der Waals surface area contributed by atoms with Crippen LogP contribution in [0.3, 0.4) is 0 Å². The standard InChI is InChI=1S/C7H12BrN/c1-4-7(6(3)8)9-5-2/h4,9H,1,5H2,2-3H3. The second-order valence-electron chi connectivity index (χ2n) is 1.68. The SMILES string of the molecule is C=CC(NCC)=C(C)Br. The Morgan fingerprint density at radius 2 is 2.33 bits per heavy atom. The first-order chi connectivity index (χ1) is 4.22. The Kier molecular flexibility index (Phi) is 4.50. The van der Waals surface area contributed by atoms with E-state index in [1.807, 2.05) is 6.92 Å². The molecule has 0 aliphatic rings. The molecule has 52 valence electrons. The number of nitrogens with one attached hydrogen (secondary N) is 1. The fourth-order valence-corrected chi connectivity index (χ4v) is 0.827. The Morgan fingerprint density at radius 1 is 1.78 bits per heavy atom. The highest BCUT2D eigenvalue weighted by molar-refractivity contribution is 9.11. The van der Waals surface area contributed by atoms with E-state index in [9.17, 15) is 0 Å². The largest absolute Gasteiger partial charge is 0.385 e. The van der Waals surface area contributed by atoms with Gasteiger partial charge in [0.25, 0.3) is 0 Å². The molecule has 0 amide bonds. The summed E-state index contributed by atoms with van der Waals surface area (Å²) in [4.78, 5) is 0. The van der Waals surface area contributed by atoms with E-state index in [0.717, 1.165) is 16.7 Å². The van der Waals surface area contributed by atoms with Crippen molar-refractivity contribution in [1.82, 2.24) is 5.32 Å². The highest BCUT2D eigenvalue weighted by Gasteiger charge is 1.89. The van der Waals surface area contributed by atoms with Crippen molar-refractivity contribution in [3.63, 3.8) is 0 Å². The van der Waals surface area contributed by atoms with Crippen LogP contribution in [0.15, 0.2) is 22.8 Å². The molecule has 0 aromatic carbocycles. The monoisotopic (exact) mass is 189 g/mol. The Hall–Kier alpha value is -0.240. The van der Waals surface area contributed by atoms with Gasteiger partial charge in [-0.25, -0.2) is 0 Å². The third-order valence-corrected chi connectivity index (χ3v) is 1.37. The van der Waals surface area contributed by atoms with Gasteiger partial charge in [0.15, 0.2) is 0 Å². The second-order valence-corrected chi connectivity index (χ2v) is 2.87. The number of hydrogen-bond donors (Lipinski definition) is 1. The van der Waals surface area contributed by atoms with Crippen LogP contribution in [0, 0.1) is 0 Å². The summed E-state index contributed by atoms with van der Waals surface area (Å²) in [5, 5.41) is 3.15. The van der Waals surface area contributed by atoms with Crippen LogP contribution in [-0.4, -0.2) is 6.54 Å². The molecule has 1 N–H and O–H groups in total. The maximum absolute atomic E-state index is 3.65. The molecule has 0 heterocycles. The van der Waals surface area contributed by atoms with Crippen LogP contribution in [0.25, 0.3) is 0 Å². The van der Waals surface area contributed by atoms with Gasteiger partial charge in [-0.15, -0.1) is 0 Å². The lowest BCUT2D eigenvalue weighted by atomic mass is 10.4. The van der Waals surface area contributed by atoms with Crippen LogP contribution in [0.4, 0.5) is 0 Å². The van der Waals surface area contributed by atoms with Gasteiger partial charge in [0.05, 0.1) is 0 Å². The molecule has 0 atom stereocenters. The van der Waals surface area contributed by atoms with Gasteiger partial charge in [0.2, 0.25) is 0 Å². The van der Waals surface area contributed by atoms with E-state index in [1.54, 1.807) is 6.08 Å². The third-order valence-electron chi connectivity index (χ3n) is 0.942. The number of halogens is 1. The highest BCUT2D eigenvalue weighted by Crippen LogP contribution is 2.07. The van der Waals surface area contributed by atoms with Crippen molar-refractivity contribution in [2.24, 2.45) is 0 Å². The van der Waals surface area contributed by atoms with Crippen molar-refractivity contribution in [3.05, 3.63) is 22.8 Å². The molecule has 0 saturated heterocycles. The molecule has 0 aliphatic carbocycles. The summed E-state index contributed by atoms with van der Waals surface area (Å²) in [6, 6.07) is 0. The van der Waals surface area contributed by atoms with Crippen LogP contribution in [0.5, 0.6) is 0 Å². The lowest BCUT2D eigenvalue weighted by Crippen LogP contribution is -2.10. The molecular formula is C7H12BrN. The van der Waals surface area contributed by atoms with Crippen molar-refractivity contribution < 1.29 is 0 Å². The third kappa shape index (κ3) is 3.36. The molecule has 0 rings (SSSR count). The first-order valence-corrected chi connectivity index (χ1v) is 3.74. The number of likely N-dealkylation sites (N-methyl/N-ethyl adjacent to an activating group) is 1. The van der Waals surface area contributed by atoms with E-state index < -0.39 is 0 Å². The molecule has 0 spiro atoms. The predicted octanol–water partition coefficient (Wildman–Crippen LogP) is 2.41. The number of allylic oxidation sites excluding steroid dienone is 2. The van der Waals surface area contributed by atoms with Gasteiger partial charge in [0.1, 0.15) is 0 Å². The normalized spacial score (nSPS) is 12.3. The summed E-state index contributed by atoms with van der Waals surface area (Å²) < 4.78 is 1.10. The first-order valence-electron chi connectivity index (χ1n) is 2.95. The van der Waals surface area contributed by atoms with E-state index in [0.29, 0.717) is 0 Å². The summed E-state index contributed by atoms with van der Waals surface area (Å²) in [7, 11) is 0. The molecule has 0 fully saturated rings. The predicted molar refractivity (Wildman–Crippen MR) is 45.5 cm³/mol. The second kappa shape index (κ2) is 4.62. The van der Waals surface area contributed by atoms with Crippen molar-refractivity contribution in [2.45, 2.75) is 13.8 Å². The van der Waals surface area contributed by atoms with E-state index in [4.69, 9.17) is 0 Å². The van der Waals surface area contributed by atoms with Crippen molar-refractivity contribution >= 4 is 15.9 Å². The minimum absolute atomic E-state index is 0.935. The van der Waals surface area contributed by atoms with Gasteiger partial charge >= 0.3 is 0 Å². The molecule has 0 bridgehead atoms. The summed E-state index contributed by atoms with van der Waals surface area (Å²) in [5.41, 5.74) is 1.07. The molecule has 9 heavy (non-hydrogen) atoms. The van der Waals surface area contributed by atoms with Crippen molar-refractivity contribution in [3.8, 4) is 0 Å². The zero-order valence-corrected chi connectivity index (χ0v) is 7.46. The summed E-state index contributed by atoms with van der Waals surface area (Å²) >= 11 is 3.35. The molecule has 0 unspecified atom stereocenters. The number of hydrogen-bond acceptors (Lipinski definition) is 1. The number of rotatable bonds is 3. The molecule has 0 aliphatic heterocycles. The van der Waals surface area contributed by atoms with Gasteiger partial charge in [-0.05, 0) is 19.9 Å². The van der Waals surface area contributed by atoms with Crippen molar-refractivity contribution in [1.29, 1.82) is 0 Å². The van der Waals surface area contributed by atoms with Gasteiger partial charge in [-0.3, -0.25) is 0 Å². The Morgan fingerprint density at radius 3 is 2.44 bits per heavy atom. The van der Waals surface area contributed by atoms with E-state index in [-0.39, 0.29) is 0 Å². The topological polar surface area (TPSA) is 12.0 Å². The van der Waals surface area contributed by atoms with Gasteiger partial charge in [-0.2, -0.15) is 0 Å². The van der Waals surface area contributed by atoms with E-state index in [2.05, 4.69) is 34.7 Å². The van der Waals surface area contributed by atoms with E-state index >= 15 is 0 Å². The fraction of sp³-hybridized carbons (Fsp3) is 0.429. The Labute approximate surface area is 65.0 Å². The molecule has 0 aromatic rings. The maximum Gasteiger partial charge on any atom is 0.0434 e. The zero-order chi connectivity index (χ0) is 7.28. The molecule has 0 aromatic heterocycles. The minimum Gasteiger partial charge on any atom is -0.385 e. The molecule has 2 heteroatoms. The van der Waals surface area contributed by atoms with Crippen LogP contribution in [0.2, 0.25) is 0 Å². The Balaban J connectivity index is 3.98. The average molecular weight is 190 g/mol. The quantitative estimate of drug-likeness (QED) is 0.674. The highest BCUT2D eigenvalue weighted by atomic mass is 79.9. The van der Waals surface area contributed by atoms with Gasteiger partial charge in [-0.1, -0.05) is 22.5 Å². The average Bonchev–Trinajstić information content (AvgIpc) is 1.82. The summed E-state index contributed by atoms with van der Waals surface area (Å²) in [5.74, 6) is 0. The lowest BCUT2D eigenvalue weighted by molar-refractivity contribution is 0.875. The first kappa shape index (κ1) is 8.76. The molecule has 1 nitrogen and oxygen atoms in total. The summed E-state index contributed by atoms with van der Waals surface area (Å²) in [6.45, 7) is 8.63. The molecular weight excluding hydrogens is 178 g/mol. The summed E-state index contributed by atoms with van der Waals surface area (Å²) in [6.07, 6.45) is 1.80. The molecule has 0 saturated carbocycles. The van der Waals surface area contributed by atoms with Gasteiger partial charge < -0.3 is 5.32 Å². The maximum atomic E-state index is 3.65. The lowest BCUT2D eigenvalue weighted by Gasteiger charge is -2.03. The van der Waals surface area contributed by atoms with Crippen molar-refractivity contribution in [2.75, 3.05) is 6.54 Å². The Bertz CT molecular complexity index is 123. The zero-order valence-electron chi connectivity index (χ0n) is 5.87. The smallest absolute Gasteiger partial charge is 0.0434 e. The van der Waals surface area contributed by atoms with Crippen LogP contribution in [0.1, 0.15) is 13.8 Å². The fourth-order valence-electron chi connectivity index (χ4n) is 0.525. The van der Waals surface area contributed by atoms with E-state index in [1.165, 1.54) is 0 Å². The van der Waals surface area contributed by atoms with Crippen LogP contribution in [-0.2, 0) is 0 Å². The molecule has 0 radical (unpaired) electrons. The van der Waals surface area contributed by atoms with Gasteiger partial charge in [0, 0.05) is 16.7 Å². The van der Waals surface area contributed by atoms with Crippen LogP contribution < -0.4 is 5.32 Å². The van der Waals surface area contributed by atoms with Crippen LogP contribution >= 0.6 is 15.9 Å². The minimum atomic E-state index is 0.935.